The molecule has 0 radical (unpaired) electrons. The zero-order valence-corrected chi connectivity index (χ0v) is 30.0. The van der Waals surface area contributed by atoms with Crippen molar-refractivity contribution >= 4 is 32.7 Å². The van der Waals surface area contributed by atoms with Gasteiger partial charge in [0, 0.05) is 55.2 Å². The fourth-order valence-corrected chi connectivity index (χ4v) is 10.1. The van der Waals surface area contributed by atoms with E-state index in [0.717, 1.165) is 106 Å². The van der Waals surface area contributed by atoms with Crippen LogP contribution in [0.25, 0.3) is 22.2 Å². The van der Waals surface area contributed by atoms with Gasteiger partial charge in [0.25, 0.3) is 5.91 Å². The molecule has 1 N–H and O–H groups in total. The van der Waals surface area contributed by atoms with Crippen molar-refractivity contribution in [3.8, 4) is 17.0 Å². The minimum atomic E-state index is -3.70. The number of sulfonamides is 1. The molecule has 2 aliphatic heterocycles. The summed E-state index contributed by atoms with van der Waals surface area (Å²) in [4.78, 5) is 32.6. The third-order valence-electron chi connectivity index (χ3n) is 12.0. The molecular formula is C39H50N4O6S. The molecule has 3 aromatic rings. The molecule has 0 atom stereocenters. The fourth-order valence-electron chi connectivity index (χ4n) is 8.80. The van der Waals surface area contributed by atoms with Crippen molar-refractivity contribution in [2.24, 2.45) is 5.41 Å². The van der Waals surface area contributed by atoms with Crippen LogP contribution in [-0.4, -0.2) is 92.4 Å². The molecule has 2 saturated heterocycles. The zero-order valence-electron chi connectivity index (χ0n) is 29.2. The van der Waals surface area contributed by atoms with E-state index in [1.165, 1.54) is 24.8 Å². The molecule has 2 amide bonds. The number of carbonyl (C=O) groups is 2. The Morgan fingerprint density at radius 1 is 0.900 bits per heavy atom. The van der Waals surface area contributed by atoms with Crippen LogP contribution in [0.4, 0.5) is 0 Å². The van der Waals surface area contributed by atoms with Gasteiger partial charge in [-0.3, -0.25) is 14.5 Å². The number of carbonyl (C=O) groups excluding carboxylic acids is 2. The first kappa shape index (κ1) is 33.7. The molecule has 10 nitrogen and oxygen atoms in total. The summed E-state index contributed by atoms with van der Waals surface area (Å²) >= 11 is 0. The summed E-state index contributed by atoms with van der Waals surface area (Å²) < 4.78 is 41.2. The Balaban J connectivity index is 1.17. The second-order valence-electron chi connectivity index (χ2n) is 15.3. The number of morpholine rings is 1. The molecule has 3 heterocycles. The minimum absolute atomic E-state index is 0.240. The van der Waals surface area contributed by atoms with Crippen molar-refractivity contribution in [1.29, 1.82) is 0 Å². The molecule has 5 fully saturated rings. The minimum Gasteiger partial charge on any atom is -0.497 e. The number of likely N-dealkylation sites (tertiary alicyclic amines) is 1. The lowest BCUT2D eigenvalue weighted by Crippen LogP contribution is -2.51. The van der Waals surface area contributed by atoms with Gasteiger partial charge in [0.2, 0.25) is 15.9 Å². The predicted molar refractivity (Wildman–Crippen MR) is 193 cm³/mol. The van der Waals surface area contributed by atoms with E-state index in [0.29, 0.717) is 36.9 Å². The van der Waals surface area contributed by atoms with E-state index in [2.05, 4.69) is 31.2 Å². The summed E-state index contributed by atoms with van der Waals surface area (Å²) in [5.41, 5.74) is 4.13. The zero-order chi connectivity index (χ0) is 34.5. The Morgan fingerprint density at radius 3 is 2.24 bits per heavy atom. The molecule has 2 aromatic carbocycles. The van der Waals surface area contributed by atoms with Crippen LogP contribution in [0.5, 0.6) is 5.75 Å². The topological polar surface area (TPSA) is 110 Å². The number of nitrogens with zero attached hydrogens (tertiary/aromatic N) is 3. The molecule has 0 unspecified atom stereocenters. The van der Waals surface area contributed by atoms with Gasteiger partial charge in [0.05, 0.1) is 36.7 Å². The largest absolute Gasteiger partial charge is 0.497 e. The van der Waals surface area contributed by atoms with Crippen molar-refractivity contribution in [2.45, 2.75) is 94.4 Å². The van der Waals surface area contributed by atoms with Gasteiger partial charge < -0.3 is 18.9 Å². The van der Waals surface area contributed by atoms with Crippen molar-refractivity contribution < 1.29 is 27.5 Å². The normalized spacial score (nSPS) is 22.1. The lowest BCUT2D eigenvalue weighted by atomic mass is 9.81. The van der Waals surface area contributed by atoms with Gasteiger partial charge in [-0.1, -0.05) is 25.3 Å². The maximum Gasteiger partial charge on any atom is 0.264 e. The lowest BCUT2D eigenvalue weighted by molar-refractivity contribution is -0.139. The maximum absolute atomic E-state index is 14.5. The Hall–Kier alpha value is -3.41. The van der Waals surface area contributed by atoms with E-state index in [9.17, 15) is 18.0 Å². The van der Waals surface area contributed by atoms with E-state index in [1.807, 2.05) is 24.3 Å². The molecule has 0 spiro atoms. The molecule has 8 rings (SSSR count). The Bertz CT molecular complexity index is 1840. The van der Waals surface area contributed by atoms with Crippen LogP contribution >= 0.6 is 0 Å². The van der Waals surface area contributed by atoms with Gasteiger partial charge in [-0.15, -0.1) is 0 Å². The second-order valence-corrected chi connectivity index (χ2v) is 17.2. The number of nitrogens with one attached hydrogen (secondary N) is 1. The van der Waals surface area contributed by atoms with Gasteiger partial charge in [-0.2, -0.15) is 0 Å². The summed E-state index contributed by atoms with van der Waals surface area (Å²) in [6, 6.07) is 14.3. The van der Waals surface area contributed by atoms with Gasteiger partial charge in [0.1, 0.15) is 5.75 Å². The highest BCUT2D eigenvalue weighted by atomic mass is 32.2. The molecular weight excluding hydrogens is 653 g/mol. The van der Waals surface area contributed by atoms with Crippen molar-refractivity contribution in [1.82, 2.24) is 19.1 Å². The monoisotopic (exact) mass is 702 g/mol. The van der Waals surface area contributed by atoms with E-state index < -0.39 is 26.6 Å². The highest BCUT2D eigenvalue weighted by Crippen LogP contribution is 2.52. The van der Waals surface area contributed by atoms with Crippen LogP contribution in [0.15, 0.2) is 42.5 Å². The second kappa shape index (κ2) is 13.6. The number of rotatable bonds is 10. The first-order valence-corrected chi connectivity index (χ1v) is 20.3. The van der Waals surface area contributed by atoms with Crippen LogP contribution in [0, 0.1) is 5.41 Å². The van der Waals surface area contributed by atoms with Crippen molar-refractivity contribution in [3.63, 3.8) is 0 Å². The quantitative estimate of drug-likeness (QED) is 0.289. The number of ether oxygens (including phenoxy) is 2. The third-order valence-corrected chi connectivity index (χ3v) is 13.8. The standard InChI is InChI=1S/C39H50N4O6S/c1-48-31-10-7-28(8-11-31)36-35(27-5-3-2-4-6-27)33-14-9-29(37(44)40-50(46,47)32-12-13-32)25-34(33)43(36)26-39(17-18-39)38(45)42-19-15-30(16-20-42)41-21-23-49-24-22-41/h7-11,14,25,27,30,32H,2-6,12-13,15-24,26H2,1H3,(H,40,44). The molecule has 5 aliphatic rings. The van der Waals surface area contributed by atoms with Gasteiger partial charge in [0.15, 0.2) is 0 Å². The summed E-state index contributed by atoms with van der Waals surface area (Å²) in [5.74, 6) is 0.770. The third kappa shape index (κ3) is 6.57. The average molecular weight is 703 g/mol. The van der Waals surface area contributed by atoms with Crippen LogP contribution in [-0.2, 0) is 26.1 Å². The number of methoxy groups -OCH3 is 1. The molecule has 1 aromatic heterocycles. The summed E-state index contributed by atoms with van der Waals surface area (Å²) in [6.45, 7) is 5.56. The first-order valence-electron chi connectivity index (χ1n) is 18.7. The smallest absolute Gasteiger partial charge is 0.264 e. The number of amides is 2. The van der Waals surface area contributed by atoms with E-state index in [4.69, 9.17) is 9.47 Å². The number of hydrogen-bond acceptors (Lipinski definition) is 7. The fraction of sp³-hybridized carbons (Fsp3) is 0.590. The molecule has 50 heavy (non-hydrogen) atoms. The van der Waals surface area contributed by atoms with Crippen LogP contribution in [0.3, 0.4) is 0 Å². The summed E-state index contributed by atoms with van der Waals surface area (Å²) in [5, 5.41) is 0.595. The van der Waals surface area contributed by atoms with Gasteiger partial charge in [-0.05, 0) is 105 Å². The van der Waals surface area contributed by atoms with Crippen LogP contribution in [0.1, 0.15) is 92.5 Å². The lowest BCUT2D eigenvalue weighted by Gasteiger charge is -2.41. The predicted octanol–water partition coefficient (Wildman–Crippen LogP) is 5.69. The first-order chi connectivity index (χ1) is 24.3. The average Bonchev–Trinajstić information content (AvgIpc) is 4.10. The number of benzene rings is 2. The molecule has 3 aliphatic carbocycles. The van der Waals surface area contributed by atoms with Crippen molar-refractivity contribution in [3.05, 3.63) is 53.6 Å². The Morgan fingerprint density at radius 2 is 1.60 bits per heavy atom. The highest BCUT2D eigenvalue weighted by Gasteiger charge is 2.53. The van der Waals surface area contributed by atoms with Gasteiger partial charge in [-0.25, -0.2) is 13.1 Å². The van der Waals surface area contributed by atoms with Gasteiger partial charge >= 0.3 is 0 Å². The highest BCUT2D eigenvalue weighted by molar-refractivity contribution is 7.91. The number of fused-ring (bicyclic) bond motifs is 1. The van der Waals surface area contributed by atoms with Crippen molar-refractivity contribution in [2.75, 3.05) is 46.5 Å². The number of hydrogen-bond donors (Lipinski definition) is 1. The molecule has 0 bridgehead atoms. The summed E-state index contributed by atoms with van der Waals surface area (Å²) in [7, 11) is -2.03. The number of piperidine rings is 1. The molecule has 11 heteroatoms. The SMILES string of the molecule is COc1ccc(-c2c(C3CCCCC3)c3ccc(C(=O)NS(=O)(=O)C4CC4)cc3n2CC2(C(=O)N3CCC(N4CCOCC4)CC3)CC2)cc1. The van der Waals surface area contributed by atoms with E-state index in [1.54, 1.807) is 13.2 Å². The molecule has 268 valence electrons. The van der Waals surface area contributed by atoms with E-state index in [-0.39, 0.29) is 5.91 Å². The Labute approximate surface area is 295 Å². The number of aromatic nitrogens is 1. The maximum atomic E-state index is 14.5. The summed E-state index contributed by atoms with van der Waals surface area (Å²) in [6.07, 6.45) is 10.5. The van der Waals surface area contributed by atoms with E-state index >= 15 is 0 Å². The van der Waals surface area contributed by atoms with Crippen LogP contribution in [0.2, 0.25) is 0 Å². The molecule has 3 saturated carbocycles. The van der Waals surface area contributed by atoms with Crippen LogP contribution < -0.4 is 9.46 Å². The Kier molecular flexibility index (Phi) is 9.18.